The summed E-state index contributed by atoms with van der Waals surface area (Å²) in [5, 5.41) is 53.8. The molecule has 7 aliphatic rings. The van der Waals surface area contributed by atoms with Gasteiger partial charge in [-0.3, -0.25) is 4.79 Å². The van der Waals surface area contributed by atoms with Gasteiger partial charge in [0.05, 0.1) is 24.4 Å². The Balaban J connectivity index is 0.992. The van der Waals surface area contributed by atoms with Crippen molar-refractivity contribution in [2.24, 2.45) is 34.5 Å². The third-order valence-electron chi connectivity index (χ3n) is 14.3. The zero-order chi connectivity index (χ0) is 35.0. The summed E-state index contributed by atoms with van der Waals surface area (Å²) in [5.74, 6) is -0.0417. The van der Waals surface area contributed by atoms with Crippen molar-refractivity contribution in [1.82, 2.24) is 0 Å². The van der Waals surface area contributed by atoms with Gasteiger partial charge in [0.25, 0.3) is 0 Å². The van der Waals surface area contributed by atoms with E-state index in [1.54, 1.807) is 13.0 Å². The van der Waals surface area contributed by atoms with Crippen molar-refractivity contribution in [3.05, 3.63) is 11.6 Å². The maximum atomic E-state index is 12.5. The number of cyclic esters (lactones) is 1. The molecule has 0 bridgehead atoms. The summed E-state index contributed by atoms with van der Waals surface area (Å²) < 4.78 is 34.9. The van der Waals surface area contributed by atoms with E-state index in [-0.39, 0.29) is 34.7 Å². The molecule has 276 valence electrons. The van der Waals surface area contributed by atoms with Crippen molar-refractivity contribution in [3.8, 4) is 0 Å². The van der Waals surface area contributed by atoms with Gasteiger partial charge in [-0.1, -0.05) is 13.8 Å². The molecule has 0 unspecified atom stereocenters. The molecule has 49 heavy (non-hydrogen) atoms. The van der Waals surface area contributed by atoms with E-state index in [9.17, 15) is 35.1 Å². The van der Waals surface area contributed by atoms with Gasteiger partial charge in [0.1, 0.15) is 37.1 Å². The van der Waals surface area contributed by atoms with Gasteiger partial charge in [-0.25, -0.2) is 4.79 Å². The topological polar surface area (TPSA) is 191 Å². The molecular weight excluding hydrogens is 640 g/mol. The zero-order valence-corrected chi connectivity index (χ0v) is 28.9. The van der Waals surface area contributed by atoms with E-state index in [4.69, 9.17) is 28.4 Å². The van der Waals surface area contributed by atoms with Gasteiger partial charge < -0.3 is 54.0 Å². The number of methoxy groups -OCH3 is 1. The fraction of sp³-hybridized carbons (Fsp3) is 0.889. The van der Waals surface area contributed by atoms with Gasteiger partial charge in [-0.15, -0.1) is 0 Å². The average Bonchev–Trinajstić information content (AvgIpc) is 3.62. The maximum Gasteiger partial charge on any atom is 0.331 e. The largest absolute Gasteiger partial charge is 0.458 e. The molecule has 3 heterocycles. The SMILES string of the molecule is CO[C@H]1[C@H](O)[C@H](O[C@H]2CC[C@@]3(C)[C@H](CC[C@@H]4[C@@H]3CC[C@]3(C)[C@H](C5=CC(=O)OC5)CC[C@]43O)C2)O[C@@H](C)[C@@H]1O[C@@H]1O[C@H](CO)[C@@H](O)C(=O)[C@H]1O. The number of hydrogen-bond acceptors (Lipinski definition) is 13. The molecule has 3 aliphatic heterocycles. The number of ketones is 1. The summed E-state index contributed by atoms with van der Waals surface area (Å²) in [6, 6.07) is 0. The quantitative estimate of drug-likeness (QED) is 0.189. The smallest absolute Gasteiger partial charge is 0.331 e. The Bertz CT molecular complexity index is 1310. The van der Waals surface area contributed by atoms with Crippen LogP contribution in [0.4, 0.5) is 0 Å². The van der Waals surface area contributed by atoms with Gasteiger partial charge in [0.2, 0.25) is 0 Å². The highest BCUT2D eigenvalue weighted by molar-refractivity contribution is 5.88. The van der Waals surface area contributed by atoms with Gasteiger partial charge in [0.15, 0.2) is 24.5 Å². The molecule has 4 saturated carbocycles. The standard InChI is InChI=1S/C36H54O13/c1-17-30(49-32-28(41)27(40)26(39)24(15-37)48-32)31(44-4)29(42)33(46-17)47-20-7-10-34(2)19(14-20)5-6-23-22(34)8-11-35(3)21(9-12-36(23,35)43)18-13-25(38)45-16-18/h13,17,19-24,26,28-33,37,39,41-43H,5-12,14-16H2,1-4H3/t17-,19+,20-,21-,22-,23+,24+,26+,28+,29-,30-,31-,32-,33-,34-,35+,36-/m0/s1. The molecule has 0 aromatic heterocycles. The summed E-state index contributed by atoms with van der Waals surface area (Å²) in [6.45, 7) is 6.05. The van der Waals surface area contributed by atoms with Crippen LogP contribution in [0.15, 0.2) is 11.6 Å². The first-order chi connectivity index (χ1) is 23.3. The van der Waals surface area contributed by atoms with Crippen LogP contribution in [-0.4, -0.2) is 125 Å². The van der Waals surface area contributed by atoms with Crippen LogP contribution in [0.5, 0.6) is 0 Å². The minimum Gasteiger partial charge on any atom is -0.458 e. The van der Waals surface area contributed by atoms with E-state index in [1.165, 1.54) is 7.11 Å². The van der Waals surface area contributed by atoms with Crippen LogP contribution in [0.3, 0.4) is 0 Å². The number of carbonyl (C=O) groups excluding carboxylic acids is 2. The first-order valence-corrected chi connectivity index (χ1v) is 18.2. The second-order valence-corrected chi connectivity index (χ2v) is 16.3. The fourth-order valence-corrected chi connectivity index (χ4v) is 11.5. The molecule has 13 heteroatoms. The molecule has 0 aromatic rings. The van der Waals surface area contributed by atoms with Crippen LogP contribution >= 0.6 is 0 Å². The first-order valence-electron chi connectivity index (χ1n) is 18.2. The van der Waals surface area contributed by atoms with Crippen molar-refractivity contribution in [3.63, 3.8) is 0 Å². The lowest BCUT2D eigenvalue weighted by Crippen LogP contribution is -2.64. The third-order valence-corrected chi connectivity index (χ3v) is 14.3. The summed E-state index contributed by atoms with van der Waals surface area (Å²) in [4.78, 5) is 24.2. The highest BCUT2D eigenvalue weighted by Gasteiger charge is 2.68. The minimum atomic E-state index is -1.79. The van der Waals surface area contributed by atoms with E-state index < -0.39 is 73.3 Å². The average molecular weight is 695 g/mol. The third kappa shape index (κ3) is 5.66. The van der Waals surface area contributed by atoms with Gasteiger partial charge in [0, 0.05) is 18.6 Å². The Hall–Kier alpha value is -1.52. The van der Waals surface area contributed by atoms with Gasteiger partial charge >= 0.3 is 5.97 Å². The molecule has 7 rings (SSSR count). The number of ether oxygens (including phenoxy) is 6. The Kier molecular flexibility index (Phi) is 9.63. The van der Waals surface area contributed by atoms with Gasteiger partial charge in [-0.05, 0) is 99.4 Å². The summed E-state index contributed by atoms with van der Waals surface area (Å²) in [7, 11) is 1.42. The van der Waals surface area contributed by atoms with E-state index in [2.05, 4.69) is 13.8 Å². The van der Waals surface area contributed by atoms with E-state index in [0.29, 0.717) is 18.4 Å². The number of esters is 1. The highest BCUT2D eigenvalue weighted by Crippen LogP contribution is 2.70. The lowest BCUT2D eigenvalue weighted by Gasteiger charge is -2.64. The van der Waals surface area contributed by atoms with Crippen LogP contribution in [0.2, 0.25) is 0 Å². The molecule has 2 saturated heterocycles. The Morgan fingerprint density at radius 3 is 2.37 bits per heavy atom. The fourth-order valence-electron chi connectivity index (χ4n) is 11.5. The predicted molar refractivity (Wildman–Crippen MR) is 169 cm³/mol. The molecule has 17 atom stereocenters. The monoisotopic (exact) mass is 694 g/mol. The maximum absolute atomic E-state index is 12.5. The van der Waals surface area contributed by atoms with E-state index >= 15 is 0 Å². The van der Waals surface area contributed by atoms with Crippen LogP contribution < -0.4 is 0 Å². The molecule has 0 radical (unpaired) electrons. The molecule has 6 fully saturated rings. The molecule has 5 N–H and O–H groups in total. The Morgan fingerprint density at radius 2 is 1.67 bits per heavy atom. The molecular formula is C36H54O13. The second-order valence-electron chi connectivity index (χ2n) is 16.3. The highest BCUT2D eigenvalue weighted by atomic mass is 16.7. The van der Waals surface area contributed by atoms with Crippen LogP contribution in [0.1, 0.15) is 78.6 Å². The van der Waals surface area contributed by atoms with Crippen LogP contribution in [-0.2, 0) is 38.0 Å². The molecule has 0 spiro atoms. The van der Waals surface area contributed by atoms with Crippen molar-refractivity contribution in [2.45, 2.75) is 146 Å². The van der Waals surface area contributed by atoms with Gasteiger partial charge in [-0.2, -0.15) is 0 Å². The first kappa shape index (κ1) is 35.9. The molecule has 13 nitrogen and oxygen atoms in total. The molecule has 4 aliphatic carbocycles. The number of Topliss-reactive ketones (excluding diaryl/α,β-unsaturated/α-hetero) is 1. The van der Waals surface area contributed by atoms with Crippen molar-refractivity contribution >= 4 is 11.8 Å². The summed E-state index contributed by atoms with van der Waals surface area (Å²) in [6.07, 6.45) is -1.50. The van der Waals surface area contributed by atoms with E-state index in [1.807, 2.05) is 0 Å². The van der Waals surface area contributed by atoms with Crippen molar-refractivity contribution in [1.29, 1.82) is 0 Å². The van der Waals surface area contributed by atoms with E-state index in [0.717, 1.165) is 63.4 Å². The Labute approximate surface area is 287 Å². The van der Waals surface area contributed by atoms with Crippen LogP contribution in [0.25, 0.3) is 0 Å². The van der Waals surface area contributed by atoms with Crippen molar-refractivity contribution in [2.75, 3.05) is 20.3 Å². The molecule has 0 aromatic carbocycles. The number of fused-ring (bicyclic) bond motifs is 5. The number of aliphatic hydroxyl groups excluding tert-OH is 4. The lowest BCUT2D eigenvalue weighted by atomic mass is 9.43. The number of rotatable bonds is 7. The van der Waals surface area contributed by atoms with Crippen molar-refractivity contribution < 1.29 is 63.5 Å². The van der Waals surface area contributed by atoms with Crippen LogP contribution in [0, 0.1) is 34.5 Å². The predicted octanol–water partition coefficient (Wildman–Crippen LogP) is 1.14. The summed E-state index contributed by atoms with van der Waals surface area (Å²) >= 11 is 0. The number of hydrogen-bond donors (Lipinski definition) is 5. The molecule has 0 amide bonds. The number of carbonyl (C=O) groups is 2. The second kappa shape index (κ2) is 13.2. The lowest BCUT2D eigenvalue weighted by molar-refractivity contribution is -0.347. The Morgan fingerprint density at radius 1 is 0.898 bits per heavy atom. The normalized spacial score (nSPS) is 53.0. The minimum absolute atomic E-state index is 0.0508. The number of aliphatic hydroxyl groups is 5. The zero-order valence-electron chi connectivity index (χ0n) is 28.9. The summed E-state index contributed by atoms with van der Waals surface area (Å²) in [5.41, 5.74) is 0.0404.